The number of aliphatic carboxylic acids is 1. The molecule has 0 bridgehead atoms. The minimum Gasteiger partial charge on any atom is -0.481 e. The molecular formula is C13H19N3O3. The summed E-state index contributed by atoms with van der Waals surface area (Å²) in [6.45, 7) is 3.22. The largest absolute Gasteiger partial charge is 0.481 e. The SMILES string of the molecule is CC(NC(=O)c1ccc(N(C)C)nc1)C(C)C(=O)O. The van der Waals surface area contributed by atoms with E-state index in [9.17, 15) is 9.59 Å². The highest BCUT2D eigenvalue weighted by Gasteiger charge is 2.21. The van der Waals surface area contributed by atoms with E-state index in [0.29, 0.717) is 5.56 Å². The Morgan fingerprint density at radius 3 is 2.37 bits per heavy atom. The molecule has 0 saturated carbocycles. The van der Waals surface area contributed by atoms with Gasteiger partial charge in [0.25, 0.3) is 5.91 Å². The minimum atomic E-state index is -0.936. The normalized spacial score (nSPS) is 13.5. The van der Waals surface area contributed by atoms with Crippen molar-refractivity contribution in [3.8, 4) is 0 Å². The first-order chi connectivity index (χ1) is 8.82. The van der Waals surface area contributed by atoms with Crippen LogP contribution >= 0.6 is 0 Å². The molecule has 0 aliphatic heterocycles. The molecule has 0 aliphatic rings. The summed E-state index contributed by atoms with van der Waals surface area (Å²) in [7, 11) is 3.72. The summed E-state index contributed by atoms with van der Waals surface area (Å²) in [4.78, 5) is 28.7. The Bertz CT molecular complexity index is 457. The second-order valence-corrected chi connectivity index (χ2v) is 4.69. The molecule has 1 aromatic heterocycles. The number of aromatic nitrogens is 1. The van der Waals surface area contributed by atoms with Crippen molar-refractivity contribution in [3.05, 3.63) is 23.9 Å². The van der Waals surface area contributed by atoms with Crippen molar-refractivity contribution in [3.63, 3.8) is 0 Å². The zero-order valence-corrected chi connectivity index (χ0v) is 11.5. The molecule has 1 heterocycles. The summed E-state index contributed by atoms with van der Waals surface area (Å²) in [5.41, 5.74) is 0.412. The van der Waals surface area contributed by atoms with Gasteiger partial charge in [0.05, 0.1) is 11.5 Å². The number of carbonyl (C=O) groups excluding carboxylic acids is 1. The Hall–Kier alpha value is -2.11. The van der Waals surface area contributed by atoms with Crippen molar-refractivity contribution in [2.75, 3.05) is 19.0 Å². The maximum Gasteiger partial charge on any atom is 0.308 e. The third-order valence-corrected chi connectivity index (χ3v) is 2.97. The number of carboxylic acid groups (broad SMARTS) is 1. The summed E-state index contributed by atoms with van der Waals surface area (Å²) in [6.07, 6.45) is 1.48. The van der Waals surface area contributed by atoms with Crippen LogP contribution in [-0.2, 0) is 4.79 Å². The predicted octanol–water partition coefficient (Wildman–Crippen LogP) is 0.987. The van der Waals surface area contributed by atoms with Crippen molar-refractivity contribution in [2.45, 2.75) is 19.9 Å². The lowest BCUT2D eigenvalue weighted by Gasteiger charge is -2.18. The van der Waals surface area contributed by atoms with Gasteiger partial charge in [-0.25, -0.2) is 4.98 Å². The molecule has 1 amide bonds. The van der Waals surface area contributed by atoms with Gasteiger partial charge < -0.3 is 15.3 Å². The van der Waals surface area contributed by atoms with Crippen LogP contribution in [0.4, 0.5) is 5.82 Å². The van der Waals surface area contributed by atoms with Gasteiger partial charge in [-0.15, -0.1) is 0 Å². The Labute approximate surface area is 112 Å². The molecule has 0 saturated heterocycles. The second-order valence-electron chi connectivity index (χ2n) is 4.69. The molecule has 0 radical (unpaired) electrons. The molecule has 0 aliphatic carbocycles. The number of carboxylic acids is 1. The maximum absolute atomic E-state index is 11.9. The molecule has 1 rings (SSSR count). The number of anilines is 1. The van der Waals surface area contributed by atoms with Gasteiger partial charge in [0.2, 0.25) is 0 Å². The lowest BCUT2D eigenvalue weighted by molar-refractivity contribution is -0.141. The third-order valence-electron chi connectivity index (χ3n) is 2.97. The first-order valence-electron chi connectivity index (χ1n) is 6.00. The van der Waals surface area contributed by atoms with E-state index in [-0.39, 0.29) is 5.91 Å². The third kappa shape index (κ3) is 3.94. The van der Waals surface area contributed by atoms with Gasteiger partial charge in [-0.1, -0.05) is 0 Å². The lowest BCUT2D eigenvalue weighted by atomic mass is 10.0. The number of pyridine rings is 1. The van der Waals surface area contributed by atoms with Gasteiger partial charge >= 0.3 is 5.97 Å². The lowest BCUT2D eigenvalue weighted by Crippen LogP contribution is -2.40. The molecular weight excluding hydrogens is 246 g/mol. The van der Waals surface area contributed by atoms with Gasteiger partial charge in [-0.3, -0.25) is 9.59 Å². The fourth-order valence-electron chi connectivity index (χ4n) is 1.41. The molecule has 104 valence electrons. The molecule has 0 aromatic carbocycles. The summed E-state index contributed by atoms with van der Waals surface area (Å²) in [5, 5.41) is 11.5. The van der Waals surface area contributed by atoms with Crippen LogP contribution in [-0.4, -0.2) is 42.1 Å². The van der Waals surface area contributed by atoms with Crippen molar-refractivity contribution in [1.82, 2.24) is 10.3 Å². The molecule has 0 spiro atoms. The Kier molecular flexibility index (Phi) is 4.86. The van der Waals surface area contributed by atoms with Crippen LogP contribution < -0.4 is 10.2 Å². The molecule has 19 heavy (non-hydrogen) atoms. The van der Waals surface area contributed by atoms with Crippen molar-refractivity contribution >= 4 is 17.7 Å². The topological polar surface area (TPSA) is 82.5 Å². The number of hydrogen-bond donors (Lipinski definition) is 2. The van der Waals surface area contributed by atoms with E-state index in [2.05, 4.69) is 10.3 Å². The van der Waals surface area contributed by atoms with E-state index >= 15 is 0 Å². The Morgan fingerprint density at radius 1 is 1.32 bits per heavy atom. The fourth-order valence-corrected chi connectivity index (χ4v) is 1.41. The molecule has 2 unspecified atom stereocenters. The van der Waals surface area contributed by atoms with E-state index < -0.39 is 17.9 Å². The van der Waals surface area contributed by atoms with Gasteiger partial charge in [0.15, 0.2) is 0 Å². The highest BCUT2D eigenvalue weighted by molar-refractivity contribution is 5.94. The highest BCUT2D eigenvalue weighted by atomic mass is 16.4. The van der Waals surface area contributed by atoms with Gasteiger partial charge in [-0.05, 0) is 26.0 Å². The van der Waals surface area contributed by atoms with Gasteiger partial charge in [-0.2, -0.15) is 0 Å². The van der Waals surface area contributed by atoms with E-state index in [0.717, 1.165) is 5.82 Å². The number of hydrogen-bond acceptors (Lipinski definition) is 4. The average molecular weight is 265 g/mol. The van der Waals surface area contributed by atoms with E-state index in [1.165, 1.54) is 6.20 Å². The van der Waals surface area contributed by atoms with E-state index in [1.54, 1.807) is 26.0 Å². The van der Waals surface area contributed by atoms with Crippen LogP contribution in [0.5, 0.6) is 0 Å². The standard InChI is InChI=1S/C13H19N3O3/c1-8(13(18)19)9(2)15-12(17)10-5-6-11(14-7-10)16(3)4/h5-9H,1-4H3,(H,15,17)(H,18,19). The Morgan fingerprint density at radius 2 is 1.95 bits per heavy atom. The smallest absolute Gasteiger partial charge is 0.308 e. The molecule has 6 nitrogen and oxygen atoms in total. The summed E-state index contributed by atoms with van der Waals surface area (Å²) in [6, 6.07) is 2.95. The fraction of sp³-hybridized carbons (Fsp3) is 0.462. The zero-order chi connectivity index (χ0) is 14.6. The van der Waals surface area contributed by atoms with Crippen molar-refractivity contribution in [2.24, 2.45) is 5.92 Å². The number of amides is 1. The molecule has 1 aromatic rings. The van der Waals surface area contributed by atoms with Crippen LogP contribution in [0.1, 0.15) is 24.2 Å². The van der Waals surface area contributed by atoms with Gasteiger partial charge in [0, 0.05) is 26.3 Å². The summed E-state index contributed by atoms with van der Waals surface area (Å²) in [5.74, 6) is -1.14. The number of rotatable bonds is 5. The zero-order valence-electron chi connectivity index (χ0n) is 11.5. The molecule has 2 atom stereocenters. The van der Waals surface area contributed by atoms with Crippen LogP contribution in [0.15, 0.2) is 18.3 Å². The molecule has 6 heteroatoms. The quantitative estimate of drug-likeness (QED) is 0.829. The maximum atomic E-state index is 11.9. The summed E-state index contributed by atoms with van der Waals surface area (Å²) >= 11 is 0. The minimum absolute atomic E-state index is 0.321. The number of carbonyl (C=O) groups is 2. The first-order valence-corrected chi connectivity index (χ1v) is 6.00. The summed E-state index contributed by atoms with van der Waals surface area (Å²) < 4.78 is 0. The van der Waals surface area contributed by atoms with Crippen molar-refractivity contribution in [1.29, 1.82) is 0 Å². The molecule has 0 fully saturated rings. The first kappa shape index (κ1) is 14.9. The van der Waals surface area contributed by atoms with E-state index in [4.69, 9.17) is 5.11 Å². The average Bonchev–Trinajstić information content (AvgIpc) is 2.37. The van der Waals surface area contributed by atoms with Crippen LogP contribution in [0.3, 0.4) is 0 Å². The Balaban J connectivity index is 2.70. The van der Waals surface area contributed by atoms with Crippen LogP contribution in [0.25, 0.3) is 0 Å². The molecule has 2 N–H and O–H groups in total. The van der Waals surface area contributed by atoms with Crippen molar-refractivity contribution < 1.29 is 14.7 Å². The van der Waals surface area contributed by atoms with E-state index in [1.807, 2.05) is 19.0 Å². The van der Waals surface area contributed by atoms with Crippen LogP contribution in [0, 0.1) is 5.92 Å². The second kappa shape index (κ2) is 6.17. The van der Waals surface area contributed by atoms with Gasteiger partial charge in [0.1, 0.15) is 5.82 Å². The number of nitrogens with zero attached hydrogens (tertiary/aromatic N) is 2. The number of nitrogens with one attached hydrogen (secondary N) is 1. The highest BCUT2D eigenvalue weighted by Crippen LogP contribution is 2.09. The monoisotopic (exact) mass is 265 g/mol. The van der Waals surface area contributed by atoms with Crippen LogP contribution in [0.2, 0.25) is 0 Å². The predicted molar refractivity (Wildman–Crippen MR) is 72.3 cm³/mol.